The number of para-hydroxylation sites is 1. The first-order valence-electron chi connectivity index (χ1n) is 9.85. The zero-order valence-corrected chi connectivity index (χ0v) is 15.6. The molecule has 0 aliphatic heterocycles. The summed E-state index contributed by atoms with van der Waals surface area (Å²) in [5.41, 5.74) is 9.22. The Morgan fingerprint density at radius 1 is 1.04 bits per heavy atom. The molecule has 1 aromatic heterocycles. The van der Waals surface area contributed by atoms with Crippen molar-refractivity contribution in [1.82, 2.24) is 10.3 Å². The van der Waals surface area contributed by atoms with Gasteiger partial charge in [-0.05, 0) is 30.0 Å². The van der Waals surface area contributed by atoms with Crippen molar-refractivity contribution in [2.45, 2.75) is 43.6 Å². The predicted molar refractivity (Wildman–Crippen MR) is 110 cm³/mol. The number of H-pyrrole nitrogens is 1. The highest BCUT2D eigenvalue weighted by atomic mass is 16.2. The fourth-order valence-corrected chi connectivity index (χ4v) is 4.26. The van der Waals surface area contributed by atoms with Crippen LogP contribution in [0.25, 0.3) is 10.9 Å². The number of rotatable bonds is 5. The van der Waals surface area contributed by atoms with Crippen LogP contribution < -0.4 is 11.1 Å². The fraction of sp³-hybridized carbons (Fsp3) is 0.348. The molecule has 1 fully saturated rings. The quantitative estimate of drug-likeness (QED) is 0.641. The average molecular weight is 361 g/mol. The molecule has 1 saturated carbocycles. The smallest absolute Gasteiger partial charge is 0.240 e. The van der Waals surface area contributed by atoms with Crippen molar-refractivity contribution in [2.24, 2.45) is 5.73 Å². The lowest BCUT2D eigenvalue weighted by Gasteiger charge is -2.32. The van der Waals surface area contributed by atoms with Gasteiger partial charge in [0, 0.05) is 29.6 Å². The molecule has 140 valence electrons. The summed E-state index contributed by atoms with van der Waals surface area (Å²) in [4.78, 5) is 16.2. The van der Waals surface area contributed by atoms with E-state index in [1.807, 2.05) is 24.3 Å². The van der Waals surface area contributed by atoms with Gasteiger partial charge in [0.2, 0.25) is 5.91 Å². The Morgan fingerprint density at radius 2 is 1.74 bits per heavy atom. The summed E-state index contributed by atoms with van der Waals surface area (Å²) in [7, 11) is 0. The highest BCUT2D eigenvalue weighted by Gasteiger charge is 2.35. The second kappa shape index (κ2) is 7.57. The van der Waals surface area contributed by atoms with Gasteiger partial charge < -0.3 is 16.0 Å². The molecule has 1 amide bonds. The van der Waals surface area contributed by atoms with Gasteiger partial charge in [0.15, 0.2) is 0 Å². The maximum absolute atomic E-state index is 12.8. The Balaban J connectivity index is 1.60. The normalized spacial score (nSPS) is 17.5. The number of nitrogens with two attached hydrogens (primary N) is 1. The molecule has 4 rings (SSSR count). The molecule has 1 aliphatic carbocycles. The summed E-state index contributed by atoms with van der Waals surface area (Å²) in [5.74, 6) is 0.0708. The van der Waals surface area contributed by atoms with E-state index >= 15 is 0 Å². The zero-order chi connectivity index (χ0) is 18.7. The van der Waals surface area contributed by atoms with E-state index in [2.05, 4.69) is 46.8 Å². The first kappa shape index (κ1) is 17.8. The van der Waals surface area contributed by atoms with E-state index < -0.39 is 5.54 Å². The number of aromatic nitrogens is 1. The summed E-state index contributed by atoms with van der Waals surface area (Å²) in [5, 5.41) is 4.36. The van der Waals surface area contributed by atoms with Crippen molar-refractivity contribution in [3.63, 3.8) is 0 Å². The van der Waals surface area contributed by atoms with E-state index in [4.69, 9.17) is 5.73 Å². The Labute approximate surface area is 160 Å². The van der Waals surface area contributed by atoms with Gasteiger partial charge in [-0.25, -0.2) is 0 Å². The summed E-state index contributed by atoms with van der Waals surface area (Å²) >= 11 is 0. The average Bonchev–Trinajstić information content (AvgIpc) is 3.13. The van der Waals surface area contributed by atoms with Gasteiger partial charge in [-0.1, -0.05) is 67.8 Å². The van der Waals surface area contributed by atoms with Crippen LogP contribution in [-0.2, 0) is 4.79 Å². The summed E-state index contributed by atoms with van der Waals surface area (Å²) in [6.07, 6.45) is 6.87. The molecule has 1 unspecified atom stereocenters. The van der Waals surface area contributed by atoms with E-state index in [0.29, 0.717) is 6.54 Å². The van der Waals surface area contributed by atoms with E-state index in [9.17, 15) is 4.79 Å². The van der Waals surface area contributed by atoms with Gasteiger partial charge in [-0.2, -0.15) is 0 Å². The lowest BCUT2D eigenvalue weighted by Crippen LogP contribution is -2.55. The molecule has 1 atom stereocenters. The number of amides is 1. The molecule has 4 N–H and O–H groups in total. The highest BCUT2D eigenvalue weighted by molar-refractivity contribution is 5.87. The Bertz CT molecular complexity index is 910. The first-order chi connectivity index (χ1) is 13.2. The maximum atomic E-state index is 12.8. The molecule has 0 bridgehead atoms. The largest absolute Gasteiger partial charge is 0.361 e. The third kappa shape index (κ3) is 3.62. The van der Waals surface area contributed by atoms with Gasteiger partial charge in [0.1, 0.15) is 0 Å². The molecular weight excluding hydrogens is 334 g/mol. The number of carbonyl (C=O) groups is 1. The van der Waals surface area contributed by atoms with Gasteiger partial charge in [-0.3, -0.25) is 4.79 Å². The Kier molecular flexibility index (Phi) is 4.99. The molecule has 4 nitrogen and oxygen atoms in total. The molecule has 3 aromatic rings. The van der Waals surface area contributed by atoms with Crippen molar-refractivity contribution in [3.05, 3.63) is 71.9 Å². The number of carbonyl (C=O) groups excluding carboxylic acids is 1. The molecule has 1 aliphatic rings. The van der Waals surface area contributed by atoms with Crippen molar-refractivity contribution < 1.29 is 4.79 Å². The van der Waals surface area contributed by atoms with Crippen LogP contribution in [0.5, 0.6) is 0 Å². The number of hydrogen-bond acceptors (Lipinski definition) is 2. The van der Waals surface area contributed by atoms with Crippen molar-refractivity contribution in [2.75, 3.05) is 6.54 Å². The fourth-order valence-electron chi connectivity index (χ4n) is 4.26. The minimum atomic E-state index is -0.709. The second-order valence-electron chi connectivity index (χ2n) is 7.68. The van der Waals surface area contributed by atoms with Crippen LogP contribution in [0, 0.1) is 0 Å². The van der Waals surface area contributed by atoms with E-state index in [1.165, 1.54) is 22.9 Å². The topological polar surface area (TPSA) is 70.9 Å². The van der Waals surface area contributed by atoms with Gasteiger partial charge >= 0.3 is 0 Å². The van der Waals surface area contributed by atoms with Crippen LogP contribution in [0.1, 0.15) is 49.1 Å². The minimum absolute atomic E-state index is 0.0111. The standard InChI is InChI=1S/C23H27N3O/c24-23(13-7-2-8-14-23)22(27)26-15-19(17-9-3-1-4-10-17)20-16-25-21-12-6-5-11-18(20)21/h1,3-6,9-12,16,19,25H,2,7-8,13-15,24H2,(H,26,27). The van der Waals surface area contributed by atoms with Crippen LogP contribution in [-0.4, -0.2) is 23.0 Å². The summed E-state index contributed by atoms with van der Waals surface area (Å²) < 4.78 is 0. The number of benzene rings is 2. The van der Waals surface area contributed by atoms with Crippen molar-refractivity contribution in [3.8, 4) is 0 Å². The monoisotopic (exact) mass is 361 g/mol. The third-order valence-electron chi connectivity index (χ3n) is 5.86. The molecule has 2 aromatic carbocycles. The van der Waals surface area contributed by atoms with Crippen LogP contribution in [0.15, 0.2) is 60.8 Å². The number of nitrogens with one attached hydrogen (secondary N) is 2. The van der Waals surface area contributed by atoms with Crippen LogP contribution >= 0.6 is 0 Å². The van der Waals surface area contributed by atoms with Gasteiger partial charge in [-0.15, -0.1) is 0 Å². The van der Waals surface area contributed by atoms with Crippen molar-refractivity contribution >= 4 is 16.8 Å². The van der Waals surface area contributed by atoms with Crippen molar-refractivity contribution in [1.29, 1.82) is 0 Å². The van der Waals surface area contributed by atoms with Gasteiger partial charge in [0.05, 0.1) is 5.54 Å². The summed E-state index contributed by atoms with van der Waals surface area (Å²) in [6.45, 7) is 0.545. The third-order valence-corrected chi connectivity index (χ3v) is 5.86. The van der Waals surface area contributed by atoms with E-state index in [0.717, 1.165) is 31.2 Å². The van der Waals surface area contributed by atoms with Crippen LogP contribution in [0.2, 0.25) is 0 Å². The van der Waals surface area contributed by atoms with E-state index in [1.54, 1.807) is 0 Å². The lowest BCUT2D eigenvalue weighted by molar-refractivity contribution is -0.127. The molecule has 4 heteroatoms. The highest BCUT2D eigenvalue weighted by Crippen LogP contribution is 2.31. The number of hydrogen-bond donors (Lipinski definition) is 3. The molecule has 1 heterocycles. The predicted octanol–water partition coefficient (Wildman–Crippen LogP) is 4.08. The van der Waals surface area contributed by atoms with Crippen LogP contribution in [0.3, 0.4) is 0 Å². The zero-order valence-electron chi connectivity index (χ0n) is 15.6. The molecule has 0 radical (unpaired) electrons. The Morgan fingerprint density at radius 3 is 2.52 bits per heavy atom. The SMILES string of the molecule is NC1(C(=O)NCC(c2ccccc2)c2c[nH]c3ccccc23)CCCCC1. The molecular formula is C23H27N3O. The van der Waals surface area contributed by atoms with E-state index in [-0.39, 0.29) is 11.8 Å². The number of aromatic amines is 1. The molecule has 0 spiro atoms. The van der Waals surface area contributed by atoms with Crippen LogP contribution in [0.4, 0.5) is 0 Å². The molecule has 27 heavy (non-hydrogen) atoms. The maximum Gasteiger partial charge on any atom is 0.240 e. The molecule has 0 saturated heterocycles. The van der Waals surface area contributed by atoms with Gasteiger partial charge in [0.25, 0.3) is 0 Å². The Hall–Kier alpha value is -2.59. The minimum Gasteiger partial charge on any atom is -0.361 e. The second-order valence-corrected chi connectivity index (χ2v) is 7.68. The number of fused-ring (bicyclic) bond motifs is 1. The lowest BCUT2D eigenvalue weighted by atomic mass is 9.81. The summed E-state index contributed by atoms with van der Waals surface area (Å²) in [6, 6.07) is 18.6. The first-order valence-corrected chi connectivity index (χ1v) is 9.85.